The number of hydrogen-bond donors (Lipinski definition) is 2. The summed E-state index contributed by atoms with van der Waals surface area (Å²) < 4.78 is 4.81. The first-order chi connectivity index (χ1) is 9.06. The lowest BCUT2D eigenvalue weighted by Gasteiger charge is -1.96. The minimum atomic E-state index is -1.12. The van der Waals surface area contributed by atoms with Gasteiger partial charge in [-0.2, -0.15) is 0 Å². The topological polar surface area (TPSA) is 79.1 Å². The Morgan fingerprint density at radius 3 is 2.79 bits per heavy atom. The van der Waals surface area contributed by atoms with E-state index >= 15 is 0 Å². The number of carboxylic acids is 1. The normalized spacial score (nSPS) is 11.1. The van der Waals surface area contributed by atoms with Gasteiger partial charge in [0.15, 0.2) is 0 Å². The van der Waals surface area contributed by atoms with Gasteiger partial charge in [-0.15, -0.1) is 0 Å². The number of nitrogens with one attached hydrogen (secondary N) is 1. The van der Waals surface area contributed by atoms with Gasteiger partial charge in [0, 0.05) is 28.2 Å². The van der Waals surface area contributed by atoms with E-state index < -0.39 is 5.97 Å². The molecule has 0 saturated heterocycles. The number of carbonyl (C=O) groups is 1. The Bertz CT molecular complexity index is 783. The van der Waals surface area contributed by atoms with Gasteiger partial charge in [0.05, 0.1) is 0 Å². The van der Waals surface area contributed by atoms with E-state index in [0.29, 0.717) is 5.69 Å². The molecule has 19 heavy (non-hydrogen) atoms. The summed E-state index contributed by atoms with van der Waals surface area (Å²) in [4.78, 5) is 14.1. The average Bonchev–Trinajstić information content (AvgIpc) is 2.91. The van der Waals surface area contributed by atoms with Gasteiger partial charge < -0.3 is 14.6 Å². The van der Waals surface area contributed by atoms with Crippen molar-refractivity contribution in [2.45, 2.75) is 13.8 Å². The van der Waals surface area contributed by atoms with Crippen LogP contribution in [0.2, 0.25) is 0 Å². The lowest BCUT2D eigenvalue weighted by molar-refractivity contribution is 0.0652. The van der Waals surface area contributed by atoms with Gasteiger partial charge in [-0.1, -0.05) is 17.3 Å². The van der Waals surface area contributed by atoms with Gasteiger partial charge in [-0.05, 0) is 25.5 Å². The molecule has 5 heteroatoms. The van der Waals surface area contributed by atoms with Crippen LogP contribution in [-0.2, 0) is 0 Å². The fraction of sp³-hybridized carbons (Fsp3) is 0.143. The monoisotopic (exact) mass is 256 g/mol. The highest BCUT2D eigenvalue weighted by molar-refractivity contribution is 5.97. The molecule has 2 aromatic heterocycles. The Morgan fingerprint density at radius 2 is 2.11 bits per heavy atom. The van der Waals surface area contributed by atoms with Crippen molar-refractivity contribution in [1.82, 2.24) is 10.1 Å². The van der Waals surface area contributed by atoms with Crippen LogP contribution in [0.3, 0.4) is 0 Å². The molecule has 0 saturated carbocycles. The Balaban J connectivity index is 2.23. The highest BCUT2D eigenvalue weighted by atomic mass is 16.5. The van der Waals surface area contributed by atoms with Gasteiger partial charge >= 0.3 is 5.97 Å². The fourth-order valence-corrected chi connectivity index (χ4v) is 2.27. The van der Waals surface area contributed by atoms with E-state index in [1.54, 1.807) is 0 Å². The molecular weight excluding hydrogens is 244 g/mol. The second-order valence-electron chi connectivity index (χ2n) is 4.56. The maximum atomic E-state index is 10.8. The number of carboxylic acid groups (broad SMARTS) is 1. The Hall–Kier alpha value is -2.56. The lowest BCUT2D eigenvalue weighted by Crippen LogP contribution is -1.91. The number of H-pyrrole nitrogens is 1. The molecule has 0 aliphatic carbocycles. The maximum absolute atomic E-state index is 10.8. The summed E-state index contributed by atoms with van der Waals surface area (Å²) in [5.74, 6) is -1.28. The van der Waals surface area contributed by atoms with Crippen LogP contribution in [0.1, 0.15) is 21.8 Å². The van der Waals surface area contributed by atoms with Crippen molar-refractivity contribution in [3.05, 3.63) is 41.3 Å². The highest BCUT2D eigenvalue weighted by Gasteiger charge is 2.17. The van der Waals surface area contributed by atoms with Crippen LogP contribution in [0.4, 0.5) is 0 Å². The van der Waals surface area contributed by atoms with Gasteiger partial charge in [-0.25, -0.2) is 4.79 Å². The van der Waals surface area contributed by atoms with Gasteiger partial charge in [-0.3, -0.25) is 0 Å². The molecule has 0 fully saturated rings. The number of aromatic carboxylic acids is 1. The zero-order valence-electron chi connectivity index (χ0n) is 10.5. The van der Waals surface area contributed by atoms with E-state index in [-0.39, 0.29) is 5.76 Å². The Morgan fingerprint density at radius 1 is 1.32 bits per heavy atom. The molecule has 1 aromatic carbocycles. The lowest BCUT2D eigenvalue weighted by atomic mass is 10.1. The van der Waals surface area contributed by atoms with E-state index in [1.807, 2.05) is 32.0 Å². The number of nitrogens with zero attached hydrogens (tertiary/aromatic N) is 1. The summed E-state index contributed by atoms with van der Waals surface area (Å²) in [6, 6.07) is 7.50. The number of fused-ring (bicyclic) bond motifs is 1. The van der Waals surface area contributed by atoms with Crippen LogP contribution < -0.4 is 0 Å². The molecule has 0 aliphatic rings. The van der Waals surface area contributed by atoms with Crippen LogP contribution in [0.25, 0.3) is 22.2 Å². The minimum Gasteiger partial charge on any atom is -0.475 e. The van der Waals surface area contributed by atoms with E-state index in [4.69, 9.17) is 9.63 Å². The summed E-state index contributed by atoms with van der Waals surface area (Å²) in [7, 11) is 0. The molecule has 2 N–H and O–H groups in total. The molecule has 0 atom stereocenters. The van der Waals surface area contributed by atoms with Crippen molar-refractivity contribution in [3.8, 4) is 11.3 Å². The van der Waals surface area contributed by atoms with E-state index in [1.165, 1.54) is 6.07 Å². The molecule has 0 aliphatic heterocycles. The van der Waals surface area contributed by atoms with Crippen LogP contribution in [0.15, 0.2) is 28.8 Å². The molecule has 0 bridgehead atoms. The molecule has 0 unspecified atom stereocenters. The van der Waals surface area contributed by atoms with Crippen LogP contribution in [0, 0.1) is 13.8 Å². The standard InChI is InChI=1S/C14H12N2O3/c1-7-3-4-9-10(5-7)15-8(2)13(9)11-6-12(14(17)18)19-16-11/h3-6,15H,1-2H3,(H,17,18). The van der Waals surface area contributed by atoms with Gasteiger partial charge in [0.1, 0.15) is 5.69 Å². The van der Waals surface area contributed by atoms with Crippen LogP contribution >= 0.6 is 0 Å². The summed E-state index contributed by atoms with van der Waals surface area (Å²) in [6.45, 7) is 3.95. The minimum absolute atomic E-state index is 0.157. The number of aromatic amines is 1. The number of aryl methyl sites for hydroxylation is 2. The first-order valence-electron chi connectivity index (χ1n) is 5.85. The van der Waals surface area contributed by atoms with E-state index in [2.05, 4.69) is 10.1 Å². The van der Waals surface area contributed by atoms with Gasteiger partial charge in [0.2, 0.25) is 5.76 Å². The second kappa shape index (κ2) is 3.98. The maximum Gasteiger partial charge on any atom is 0.374 e. The molecule has 96 valence electrons. The fourth-order valence-electron chi connectivity index (χ4n) is 2.27. The summed E-state index contributed by atoms with van der Waals surface area (Å²) in [5.41, 5.74) is 4.51. The summed E-state index contributed by atoms with van der Waals surface area (Å²) in [5, 5.41) is 13.7. The second-order valence-corrected chi connectivity index (χ2v) is 4.56. The van der Waals surface area contributed by atoms with Crippen LogP contribution in [-0.4, -0.2) is 21.2 Å². The summed E-state index contributed by atoms with van der Waals surface area (Å²) in [6.07, 6.45) is 0. The van der Waals surface area contributed by atoms with Crippen molar-refractivity contribution in [1.29, 1.82) is 0 Å². The molecule has 0 amide bonds. The largest absolute Gasteiger partial charge is 0.475 e. The molecule has 0 spiro atoms. The summed E-state index contributed by atoms with van der Waals surface area (Å²) >= 11 is 0. The number of hydrogen-bond acceptors (Lipinski definition) is 3. The SMILES string of the molecule is Cc1ccc2c(-c3cc(C(=O)O)on3)c(C)[nH]c2c1. The first-order valence-corrected chi connectivity index (χ1v) is 5.85. The zero-order valence-corrected chi connectivity index (χ0v) is 10.5. The third-order valence-corrected chi connectivity index (χ3v) is 3.12. The Kier molecular flexibility index (Phi) is 2.41. The van der Waals surface area contributed by atoms with Crippen molar-refractivity contribution in [2.24, 2.45) is 0 Å². The zero-order chi connectivity index (χ0) is 13.6. The number of rotatable bonds is 2. The Labute approximate surface area is 108 Å². The highest BCUT2D eigenvalue weighted by Crippen LogP contribution is 2.32. The van der Waals surface area contributed by atoms with E-state index in [9.17, 15) is 4.79 Å². The molecule has 0 radical (unpaired) electrons. The first kappa shape index (κ1) is 11.5. The van der Waals surface area contributed by atoms with Crippen LogP contribution in [0.5, 0.6) is 0 Å². The third kappa shape index (κ3) is 1.79. The molecule has 3 aromatic rings. The number of benzene rings is 1. The quantitative estimate of drug-likeness (QED) is 0.738. The smallest absolute Gasteiger partial charge is 0.374 e. The molecule has 3 rings (SSSR count). The molecular formula is C14H12N2O3. The third-order valence-electron chi connectivity index (χ3n) is 3.12. The van der Waals surface area contributed by atoms with Crippen molar-refractivity contribution < 1.29 is 14.4 Å². The van der Waals surface area contributed by atoms with Crippen molar-refractivity contribution >= 4 is 16.9 Å². The molecule has 2 heterocycles. The van der Waals surface area contributed by atoms with E-state index in [0.717, 1.165) is 27.7 Å². The molecule has 5 nitrogen and oxygen atoms in total. The predicted octanol–water partition coefficient (Wildman–Crippen LogP) is 3.14. The average molecular weight is 256 g/mol. The van der Waals surface area contributed by atoms with Gasteiger partial charge in [0.25, 0.3) is 0 Å². The number of aromatic nitrogens is 2. The predicted molar refractivity (Wildman–Crippen MR) is 70.2 cm³/mol. The van der Waals surface area contributed by atoms with Crippen molar-refractivity contribution in [2.75, 3.05) is 0 Å². The van der Waals surface area contributed by atoms with Crippen molar-refractivity contribution in [3.63, 3.8) is 0 Å².